The van der Waals surface area contributed by atoms with Crippen molar-refractivity contribution in [2.45, 2.75) is 25.7 Å². The molecule has 1 saturated carbocycles. The third-order valence-electron chi connectivity index (χ3n) is 3.52. The average molecular weight is 249 g/mol. The number of methoxy groups -OCH3 is 1. The molecule has 0 radical (unpaired) electrons. The van der Waals surface area contributed by atoms with Crippen molar-refractivity contribution in [3.05, 3.63) is 18.6 Å². The Morgan fingerprint density at radius 3 is 2.78 bits per heavy atom. The van der Waals surface area contributed by atoms with Crippen LogP contribution in [-0.2, 0) is 9.53 Å². The van der Waals surface area contributed by atoms with Crippen LogP contribution in [-0.4, -0.2) is 29.6 Å². The molecule has 0 amide bonds. The van der Waals surface area contributed by atoms with Gasteiger partial charge in [-0.15, -0.1) is 0 Å². The van der Waals surface area contributed by atoms with Crippen LogP contribution in [0.3, 0.4) is 0 Å². The molecule has 1 fully saturated rings. The Kier molecular flexibility index (Phi) is 4.50. The van der Waals surface area contributed by atoms with Gasteiger partial charge >= 0.3 is 5.97 Å². The van der Waals surface area contributed by atoms with Crippen LogP contribution in [0.4, 0.5) is 5.82 Å². The predicted octanol–water partition coefficient (Wildman–Crippen LogP) is 1.87. The number of nitrogens with one attached hydrogen (secondary N) is 1. The highest BCUT2D eigenvalue weighted by Crippen LogP contribution is 2.29. The van der Waals surface area contributed by atoms with Crippen molar-refractivity contribution in [2.75, 3.05) is 19.0 Å². The number of nitrogens with zero attached hydrogens (tertiary/aromatic N) is 2. The Bertz CT molecular complexity index is 375. The van der Waals surface area contributed by atoms with E-state index in [1.807, 2.05) is 0 Å². The standard InChI is InChI=1S/C13H19N3O2/c1-18-13(17)11-4-2-10(3-5-11)8-16-12-9-14-6-7-15-12/h6-7,9-11H,2-5,8H2,1H3,(H,15,16). The molecule has 1 N–H and O–H groups in total. The maximum atomic E-state index is 11.4. The van der Waals surface area contributed by atoms with E-state index >= 15 is 0 Å². The van der Waals surface area contributed by atoms with Gasteiger partial charge in [0, 0.05) is 18.9 Å². The van der Waals surface area contributed by atoms with Crippen molar-refractivity contribution in [3.8, 4) is 0 Å². The molecular formula is C13H19N3O2. The average Bonchev–Trinajstić information content (AvgIpc) is 2.46. The number of hydrogen-bond donors (Lipinski definition) is 1. The third kappa shape index (κ3) is 3.42. The summed E-state index contributed by atoms with van der Waals surface area (Å²) in [6, 6.07) is 0. The predicted molar refractivity (Wildman–Crippen MR) is 68.0 cm³/mol. The molecule has 98 valence electrons. The van der Waals surface area contributed by atoms with Crippen molar-refractivity contribution in [1.29, 1.82) is 0 Å². The maximum Gasteiger partial charge on any atom is 0.308 e. The van der Waals surface area contributed by atoms with E-state index in [0.29, 0.717) is 5.92 Å². The minimum Gasteiger partial charge on any atom is -0.469 e. The summed E-state index contributed by atoms with van der Waals surface area (Å²) >= 11 is 0. The molecule has 1 aromatic rings. The first kappa shape index (κ1) is 12.8. The molecule has 1 aromatic heterocycles. The van der Waals surface area contributed by atoms with Gasteiger partial charge in [0.1, 0.15) is 5.82 Å². The monoisotopic (exact) mass is 249 g/mol. The summed E-state index contributed by atoms with van der Waals surface area (Å²) in [6.45, 7) is 0.895. The first-order chi connectivity index (χ1) is 8.79. The van der Waals surface area contributed by atoms with Gasteiger partial charge in [-0.25, -0.2) is 4.98 Å². The first-order valence-corrected chi connectivity index (χ1v) is 6.37. The normalized spacial score (nSPS) is 23.4. The van der Waals surface area contributed by atoms with E-state index in [1.54, 1.807) is 18.6 Å². The minimum absolute atomic E-state index is 0.0599. The van der Waals surface area contributed by atoms with Gasteiger partial charge in [-0.3, -0.25) is 9.78 Å². The zero-order valence-corrected chi connectivity index (χ0v) is 10.6. The number of carbonyl (C=O) groups is 1. The Balaban J connectivity index is 1.72. The number of ether oxygens (including phenoxy) is 1. The molecule has 5 heteroatoms. The van der Waals surface area contributed by atoms with E-state index < -0.39 is 0 Å². The number of carbonyl (C=O) groups excluding carboxylic acids is 1. The molecule has 1 aliphatic rings. The second kappa shape index (κ2) is 6.33. The van der Waals surface area contributed by atoms with Crippen LogP contribution in [0.5, 0.6) is 0 Å². The highest BCUT2D eigenvalue weighted by atomic mass is 16.5. The molecule has 0 saturated heterocycles. The number of aromatic nitrogens is 2. The maximum absolute atomic E-state index is 11.4. The number of anilines is 1. The molecule has 2 rings (SSSR count). The third-order valence-corrected chi connectivity index (χ3v) is 3.52. The van der Waals surface area contributed by atoms with E-state index in [-0.39, 0.29) is 11.9 Å². The fourth-order valence-corrected chi connectivity index (χ4v) is 2.41. The lowest BCUT2D eigenvalue weighted by atomic mass is 9.82. The van der Waals surface area contributed by atoms with Crippen molar-refractivity contribution in [3.63, 3.8) is 0 Å². The molecule has 0 bridgehead atoms. The van der Waals surface area contributed by atoms with Crippen LogP contribution >= 0.6 is 0 Å². The summed E-state index contributed by atoms with van der Waals surface area (Å²) in [5.41, 5.74) is 0. The van der Waals surface area contributed by atoms with Gasteiger partial charge in [0.15, 0.2) is 0 Å². The van der Waals surface area contributed by atoms with Crippen LogP contribution < -0.4 is 5.32 Å². The lowest BCUT2D eigenvalue weighted by molar-refractivity contribution is -0.146. The first-order valence-electron chi connectivity index (χ1n) is 6.37. The largest absolute Gasteiger partial charge is 0.469 e. The number of hydrogen-bond acceptors (Lipinski definition) is 5. The smallest absolute Gasteiger partial charge is 0.308 e. The topological polar surface area (TPSA) is 64.1 Å². The molecule has 18 heavy (non-hydrogen) atoms. The molecule has 0 aromatic carbocycles. The molecule has 0 aliphatic heterocycles. The lowest BCUT2D eigenvalue weighted by Gasteiger charge is -2.27. The molecule has 1 aliphatic carbocycles. The van der Waals surface area contributed by atoms with Crippen LogP contribution in [0.2, 0.25) is 0 Å². The fourth-order valence-electron chi connectivity index (χ4n) is 2.41. The summed E-state index contributed by atoms with van der Waals surface area (Å²) in [4.78, 5) is 19.6. The SMILES string of the molecule is COC(=O)C1CCC(CNc2cnccn2)CC1. The van der Waals surface area contributed by atoms with Gasteiger partial charge in [0.2, 0.25) is 0 Å². The Morgan fingerprint density at radius 2 is 2.17 bits per heavy atom. The van der Waals surface area contributed by atoms with Crippen molar-refractivity contribution in [2.24, 2.45) is 11.8 Å². The summed E-state index contributed by atoms with van der Waals surface area (Å²) in [7, 11) is 1.46. The van der Waals surface area contributed by atoms with E-state index in [0.717, 1.165) is 38.0 Å². The van der Waals surface area contributed by atoms with Gasteiger partial charge in [-0.1, -0.05) is 0 Å². The van der Waals surface area contributed by atoms with Crippen LogP contribution in [0.15, 0.2) is 18.6 Å². The summed E-state index contributed by atoms with van der Waals surface area (Å²) in [5.74, 6) is 1.46. The number of esters is 1. The number of rotatable bonds is 4. The van der Waals surface area contributed by atoms with E-state index in [9.17, 15) is 4.79 Å². The van der Waals surface area contributed by atoms with Gasteiger partial charge in [0.05, 0.1) is 19.2 Å². The molecule has 0 atom stereocenters. The minimum atomic E-state index is -0.0599. The zero-order valence-electron chi connectivity index (χ0n) is 10.6. The van der Waals surface area contributed by atoms with E-state index in [2.05, 4.69) is 15.3 Å². The van der Waals surface area contributed by atoms with Gasteiger partial charge in [0.25, 0.3) is 0 Å². The molecule has 0 spiro atoms. The van der Waals surface area contributed by atoms with E-state index in [4.69, 9.17) is 4.74 Å². The van der Waals surface area contributed by atoms with E-state index in [1.165, 1.54) is 7.11 Å². The zero-order chi connectivity index (χ0) is 12.8. The summed E-state index contributed by atoms with van der Waals surface area (Å²) < 4.78 is 4.78. The van der Waals surface area contributed by atoms with Crippen molar-refractivity contribution >= 4 is 11.8 Å². The van der Waals surface area contributed by atoms with Crippen molar-refractivity contribution in [1.82, 2.24) is 9.97 Å². The molecule has 1 heterocycles. The van der Waals surface area contributed by atoms with Crippen LogP contribution in [0, 0.1) is 11.8 Å². The summed E-state index contributed by atoms with van der Waals surface area (Å²) in [5, 5.41) is 3.28. The van der Waals surface area contributed by atoms with Crippen LogP contribution in [0.1, 0.15) is 25.7 Å². The molecule has 5 nitrogen and oxygen atoms in total. The molecule has 0 unspecified atom stereocenters. The van der Waals surface area contributed by atoms with Gasteiger partial charge < -0.3 is 10.1 Å². The Morgan fingerprint density at radius 1 is 1.39 bits per heavy atom. The lowest BCUT2D eigenvalue weighted by Crippen LogP contribution is -2.26. The Labute approximate surface area is 107 Å². The van der Waals surface area contributed by atoms with Crippen LogP contribution in [0.25, 0.3) is 0 Å². The quantitative estimate of drug-likeness (QED) is 0.825. The molecular weight excluding hydrogens is 230 g/mol. The second-order valence-electron chi connectivity index (χ2n) is 4.71. The highest BCUT2D eigenvalue weighted by molar-refractivity contribution is 5.72. The summed E-state index contributed by atoms with van der Waals surface area (Å²) in [6.07, 6.45) is 9.04. The van der Waals surface area contributed by atoms with Gasteiger partial charge in [-0.2, -0.15) is 0 Å². The highest BCUT2D eigenvalue weighted by Gasteiger charge is 2.26. The van der Waals surface area contributed by atoms with Crippen molar-refractivity contribution < 1.29 is 9.53 Å². The van der Waals surface area contributed by atoms with Gasteiger partial charge in [-0.05, 0) is 31.6 Å². The second-order valence-corrected chi connectivity index (χ2v) is 4.71. The Hall–Kier alpha value is -1.65. The fraction of sp³-hybridized carbons (Fsp3) is 0.615.